The maximum Gasteiger partial charge on any atom is 0.317 e. The third-order valence-electron chi connectivity index (χ3n) is 6.62. The van der Waals surface area contributed by atoms with Crippen LogP contribution in [0, 0.1) is 12.8 Å². The minimum atomic E-state index is -0.0919. The molecule has 1 unspecified atom stereocenters. The topological polar surface area (TPSA) is 74.6 Å². The second-order valence-electron chi connectivity index (χ2n) is 9.30. The van der Waals surface area contributed by atoms with Crippen molar-refractivity contribution >= 4 is 52.3 Å². The minimum absolute atomic E-state index is 0.0919. The van der Waals surface area contributed by atoms with Crippen LogP contribution in [-0.4, -0.2) is 45.2 Å². The minimum Gasteiger partial charge on any atom is -0.370 e. The average Bonchev–Trinajstić information content (AvgIpc) is 3.27. The van der Waals surface area contributed by atoms with E-state index < -0.39 is 0 Å². The van der Waals surface area contributed by atoms with Crippen molar-refractivity contribution in [3.8, 4) is 11.3 Å². The molecule has 3 heterocycles. The first-order valence-electron chi connectivity index (χ1n) is 12.2. The summed E-state index contributed by atoms with van der Waals surface area (Å²) in [6.45, 7) is 4.44. The van der Waals surface area contributed by atoms with Gasteiger partial charge in [0.05, 0.1) is 11.9 Å². The molecule has 10 heteroatoms. The molecule has 0 spiro atoms. The Hall–Kier alpha value is -3.00. The van der Waals surface area contributed by atoms with E-state index in [1.165, 1.54) is 0 Å². The third-order valence-corrected chi connectivity index (χ3v) is 7.54. The molecule has 1 fully saturated rings. The predicted octanol–water partition coefficient (Wildman–Crippen LogP) is 6.70. The largest absolute Gasteiger partial charge is 0.370 e. The molecule has 7 nitrogen and oxygen atoms in total. The maximum absolute atomic E-state index is 12.9. The number of piperidine rings is 1. The Kier molecular flexibility index (Phi) is 7.74. The summed E-state index contributed by atoms with van der Waals surface area (Å²) in [5.74, 6) is 1.13. The number of aryl methyl sites for hydroxylation is 1. The SMILES string of the molecule is Cc1cnn2c(NCC3CCCN(C(=O)NCc4ccc(Cl)cc4Cl)C3)cc(-c3ccccc3Cl)nc12. The van der Waals surface area contributed by atoms with Crippen LogP contribution in [0.5, 0.6) is 0 Å². The maximum atomic E-state index is 12.9. The number of amides is 2. The van der Waals surface area contributed by atoms with Gasteiger partial charge in [0.1, 0.15) is 5.82 Å². The van der Waals surface area contributed by atoms with Crippen molar-refractivity contribution in [3.05, 3.63) is 80.9 Å². The van der Waals surface area contributed by atoms with E-state index in [9.17, 15) is 4.79 Å². The average molecular weight is 558 g/mol. The number of carbonyl (C=O) groups is 1. The quantitative estimate of drug-likeness (QED) is 0.277. The Labute approximate surface area is 230 Å². The van der Waals surface area contributed by atoms with Gasteiger partial charge in [-0.15, -0.1) is 0 Å². The van der Waals surface area contributed by atoms with Crippen LogP contribution in [0.25, 0.3) is 16.9 Å². The van der Waals surface area contributed by atoms with Gasteiger partial charge in [-0.1, -0.05) is 59.1 Å². The van der Waals surface area contributed by atoms with Crippen LogP contribution < -0.4 is 10.6 Å². The van der Waals surface area contributed by atoms with Gasteiger partial charge in [0.2, 0.25) is 0 Å². The number of hydrogen-bond acceptors (Lipinski definition) is 4. The summed E-state index contributed by atoms with van der Waals surface area (Å²) >= 11 is 18.7. The van der Waals surface area contributed by atoms with Crippen LogP contribution >= 0.6 is 34.8 Å². The molecule has 2 amide bonds. The highest BCUT2D eigenvalue weighted by Crippen LogP contribution is 2.29. The zero-order valence-electron chi connectivity index (χ0n) is 20.3. The summed E-state index contributed by atoms with van der Waals surface area (Å²) in [6, 6.07) is 14.8. The van der Waals surface area contributed by atoms with E-state index in [4.69, 9.17) is 39.8 Å². The number of benzene rings is 2. The molecule has 1 saturated heterocycles. The normalized spacial score (nSPS) is 15.7. The Bertz CT molecular complexity index is 1440. The highest BCUT2D eigenvalue weighted by Gasteiger charge is 2.24. The van der Waals surface area contributed by atoms with Gasteiger partial charge in [-0.2, -0.15) is 9.61 Å². The zero-order chi connectivity index (χ0) is 25.9. The molecule has 37 heavy (non-hydrogen) atoms. The first kappa shape index (κ1) is 25.6. The fourth-order valence-electron chi connectivity index (χ4n) is 4.62. The van der Waals surface area contributed by atoms with E-state index >= 15 is 0 Å². The fraction of sp³-hybridized carbons (Fsp3) is 0.296. The number of urea groups is 1. The van der Waals surface area contributed by atoms with Crippen molar-refractivity contribution in [1.82, 2.24) is 24.8 Å². The van der Waals surface area contributed by atoms with E-state index in [-0.39, 0.29) is 6.03 Å². The van der Waals surface area contributed by atoms with Crippen molar-refractivity contribution in [2.45, 2.75) is 26.3 Å². The molecule has 0 aliphatic carbocycles. The van der Waals surface area contributed by atoms with Crippen molar-refractivity contribution in [2.24, 2.45) is 5.92 Å². The summed E-state index contributed by atoms with van der Waals surface area (Å²) in [5.41, 5.74) is 4.26. The number of hydrogen-bond donors (Lipinski definition) is 2. The number of halogens is 3. The second-order valence-corrected chi connectivity index (χ2v) is 10.5. The van der Waals surface area contributed by atoms with Crippen molar-refractivity contribution in [2.75, 3.05) is 25.0 Å². The summed E-state index contributed by atoms with van der Waals surface area (Å²) < 4.78 is 1.82. The predicted molar refractivity (Wildman–Crippen MR) is 150 cm³/mol. The number of likely N-dealkylation sites (tertiary alicyclic amines) is 1. The molecule has 5 rings (SSSR count). The molecule has 2 aromatic carbocycles. The van der Waals surface area contributed by atoms with Crippen molar-refractivity contribution in [1.29, 1.82) is 0 Å². The summed E-state index contributed by atoms with van der Waals surface area (Å²) in [7, 11) is 0. The lowest BCUT2D eigenvalue weighted by Crippen LogP contribution is -2.46. The lowest BCUT2D eigenvalue weighted by molar-refractivity contribution is 0.168. The summed E-state index contributed by atoms with van der Waals surface area (Å²) in [4.78, 5) is 19.6. The van der Waals surface area contributed by atoms with Gasteiger partial charge < -0.3 is 15.5 Å². The van der Waals surface area contributed by atoms with Gasteiger partial charge in [0, 0.05) is 58.4 Å². The number of anilines is 1. The summed E-state index contributed by atoms with van der Waals surface area (Å²) in [6.07, 6.45) is 3.78. The summed E-state index contributed by atoms with van der Waals surface area (Å²) in [5, 5.41) is 12.8. The molecular weight excluding hydrogens is 531 g/mol. The van der Waals surface area contributed by atoms with Crippen LogP contribution in [0.1, 0.15) is 24.0 Å². The van der Waals surface area contributed by atoms with E-state index in [1.54, 1.807) is 12.1 Å². The molecule has 1 atom stereocenters. The van der Waals surface area contributed by atoms with Crippen LogP contribution in [0.3, 0.4) is 0 Å². The molecule has 0 bridgehead atoms. The number of fused-ring (bicyclic) bond motifs is 1. The van der Waals surface area contributed by atoms with Crippen LogP contribution in [0.15, 0.2) is 54.7 Å². The van der Waals surface area contributed by atoms with E-state index in [1.807, 2.05) is 58.9 Å². The zero-order valence-corrected chi connectivity index (χ0v) is 22.6. The number of aromatic nitrogens is 3. The Balaban J connectivity index is 1.26. The Morgan fingerprint density at radius 3 is 2.76 bits per heavy atom. The fourth-order valence-corrected chi connectivity index (χ4v) is 5.33. The highest BCUT2D eigenvalue weighted by molar-refractivity contribution is 6.35. The van der Waals surface area contributed by atoms with Crippen LogP contribution in [0.4, 0.5) is 10.6 Å². The lowest BCUT2D eigenvalue weighted by Gasteiger charge is -2.33. The van der Waals surface area contributed by atoms with Crippen LogP contribution in [0.2, 0.25) is 15.1 Å². The monoisotopic (exact) mass is 556 g/mol. The molecular formula is C27H27Cl3N6O. The smallest absolute Gasteiger partial charge is 0.317 e. The molecule has 4 aromatic rings. The first-order chi connectivity index (χ1) is 17.9. The standard InChI is InChI=1S/C27H27Cl3N6O/c1-17-13-33-36-25(12-24(34-26(17)36)21-6-2-3-7-22(21)29)31-14-18-5-4-10-35(16-18)27(37)32-15-19-8-9-20(28)11-23(19)30/h2-3,6-9,11-13,18,31H,4-5,10,14-16H2,1H3,(H,32,37). The van der Waals surface area contributed by atoms with Crippen LogP contribution in [-0.2, 0) is 6.54 Å². The molecule has 192 valence electrons. The molecule has 0 radical (unpaired) electrons. The number of nitrogens with one attached hydrogen (secondary N) is 2. The lowest BCUT2D eigenvalue weighted by atomic mass is 9.98. The van der Waals surface area contributed by atoms with Gasteiger partial charge in [0.25, 0.3) is 0 Å². The van der Waals surface area contributed by atoms with Gasteiger partial charge in [-0.05, 0) is 49.4 Å². The van der Waals surface area contributed by atoms with Gasteiger partial charge >= 0.3 is 6.03 Å². The number of nitrogens with zero attached hydrogens (tertiary/aromatic N) is 4. The number of rotatable bonds is 6. The molecule has 2 N–H and O–H groups in total. The molecule has 0 saturated carbocycles. The van der Waals surface area contributed by atoms with E-state index in [0.29, 0.717) is 40.6 Å². The van der Waals surface area contributed by atoms with Gasteiger partial charge in [0.15, 0.2) is 5.65 Å². The van der Waals surface area contributed by atoms with Crippen molar-refractivity contribution < 1.29 is 4.79 Å². The number of carbonyl (C=O) groups excluding carboxylic acids is 1. The third kappa shape index (κ3) is 5.79. The molecule has 1 aliphatic rings. The first-order valence-corrected chi connectivity index (χ1v) is 13.3. The van der Waals surface area contributed by atoms with Gasteiger partial charge in [-0.3, -0.25) is 0 Å². The Morgan fingerprint density at radius 2 is 1.95 bits per heavy atom. The van der Waals surface area contributed by atoms with Crippen molar-refractivity contribution in [3.63, 3.8) is 0 Å². The Morgan fingerprint density at radius 1 is 1.11 bits per heavy atom. The van der Waals surface area contributed by atoms with Gasteiger partial charge in [-0.25, -0.2) is 9.78 Å². The van der Waals surface area contributed by atoms with E-state index in [0.717, 1.165) is 53.2 Å². The van der Waals surface area contributed by atoms with E-state index in [2.05, 4.69) is 15.7 Å². The molecule has 1 aliphatic heterocycles. The second kappa shape index (κ2) is 11.2. The highest BCUT2D eigenvalue weighted by atomic mass is 35.5. The molecule has 2 aromatic heterocycles.